The Morgan fingerprint density at radius 3 is 2.76 bits per heavy atom. The van der Waals surface area contributed by atoms with Crippen molar-refractivity contribution in [1.29, 1.82) is 0 Å². The van der Waals surface area contributed by atoms with Gasteiger partial charge in [0.25, 0.3) is 0 Å². The van der Waals surface area contributed by atoms with Gasteiger partial charge < -0.3 is 14.2 Å². The normalized spacial score (nSPS) is 14.7. The van der Waals surface area contributed by atoms with Crippen LogP contribution < -0.4 is 9.47 Å². The Balaban J connectivity index is 1.91. The predicted molar refractivity (Wildman–Crippen MR) is 113 cm³/mol. The van der Waals surface area contributed by atoms with E-state index in [1.807, 2.05) is 13.0 Å². The van der Waals surface area contributed by atoms with Crippen molar-refractivity contribution in [1.82, 2.24) is 0 Å². The summed E-state index contributed by atoms with van der Waals surface area (Å²) in [6.07, 6.45) is 3.56. The Kier molecular flexibility index (Phi) is 7.04. The lowest BCUT2D eigenvalue weighted by Gasteiger charge is -2.14. The van der Waals surface area contributed by atoms with Crippen LogP contribution in [-0.2, 0) is 9.53 Å². The molecule has 0 atom stereocenters. The minimum absolute atomic E-state index is 0.0735. The highest BCUT2D eigenvalue weighted by molar-refractivity contribution is 9.10. The van der Waals surface area contributed by atoms with Gasteiger partial charge in [-0.15, -0.1) is 0 Å². The average Bonchev–Trinajstić information content (AvgIpc) is 3.05. The van der Waals surface area contributed by atoms with Crippen molar-refractivity contribution in [2.45, 2.75) is 26.7 Å². The van der Waals surface area contributed by atoms with E-state index in [4.69, 9.17) is 14.2 Å². The number of cyclic esters (lactones) is 1. The molecular weight excluding hydrogens is 441 g/mol. The zero-order chi connectivity index (χ0) is 20.8. The number of nitrogens with zero attached hydrogens (tertiary/aromatic N) is 1. The van der Waals surface area contributed by atoms with Crippen LogP contribution in [0.4, 0.5) is 4.39 Å². The van der Waals surface area contributed by atoms with E-state index in [1.54, 1.807) is 18.2 Å². The van der Waals surface area contributed by atoms with Gasteiger partial charge in [0.1, 0.15) is 5.82 Å². The molecule has 0 saturated carbocycles. The summed E-state index contributed by atoms with van der Waals surface area (Å²) >= 11 is 3.51. The molecule has 3 rings (SSSR count). The van der Waals surface area contributed by atoms with E-state index in [0.717, 1.165) is 12.8 Å². The Morgan fingerprint density at radius 2 is 2.03 bits per heavy atom. The van der Waals surface area contributed by atoms with Crippen LogP contribution in [0.2, 0.25) is 0 Å². The lowest BCUT2D eigenvalue weighted by Crippen LogP contribution is -2.05. The molecule has 7 heteroatoms. The number of hydrogen-bond donors (Lipinski definition) is 0. The number of carbonyl (C=O) groups excluding carboxylic acids is 1. The number of unbranched alkanes of at least 4 members (excludes halogenated alkanes) is 1. The summed E-state index contributed by atoms with van der Waals surface area (Å²) in [5, 5.41) is 0. The van der Waals surface area contributed by atoms with E-state index >= 15 is 0 Å². The molecule has 29 heavy (non-hydrogen) atoms. The fraction of sp³-hybridized carbons (Fsp3) is 0.273. The maximum Gasteiger partial charge on any atom is 0.363 e. The third-order valence-electron chi connectivity index (χ3n) is 4.07. The third-order valence-corrected chi connectivity index (χ3v) is 4.66. The Labute approximate surface area is 177 Å². The lowest BCUT2D eigenvalue weighted by atomic mass is 10.1. The summed E-state index contributed by atoms with van der Waals surface area (Å²) in [5.41, 5.74) is 1.22. The second kappa shape index (κ2) is 9.69. The molecule has 0 aliphatic carbocycles. The molecule has 152 valence electrons. The maximum atomic E-state index is 13.4. The zero-order valence-electron chi connectivity index (χ0n) is 16.2. The number of esters is 1. The largest absolute Gasteiger partial charge is 0.490 e. The van der Waals surface area contributed by atoms with Gasteiger partial charge >= 0.3 is 5.97 Å². The minimum atomic E-state index is -0.596. The van der Waals surface area contributed by atoms with Crippen molar-refractivity contribution < 1.29 is 23.4 Å². The fourth-order valence-electron chi connectivity index (χ4n) is 2.70. The molecule has 0 radical (unpaired) electrons. The van der Waals surface area contributed by atoms with Gasteiger partial charge in [0, 0.05) is 5.56 Å². The van der Waals surface area contributed by atoms with Crippen molar-refractivity contribution in [3.63, 3.8) is 0 Å². The second-order valence-electron chi connectivity index (χ2n) is 6.31. The van der Waals surface area contributed by atoms with E-state index in [2.05, 4.69) is 27.8 Å². The van der Waals surface area contributed by atoms with Crippen LogP contribution >= 0.6 is 15.9 Å². The summed E-state index contributed by atoms with van der Waals surface area (Å²) in [5.74, 6) is 0.250. The molecule has 0 spiro atoms. The van der Waals surface area contributed by atoms with Crippen LogP contribution in [0.3, 0.4) is 0 Å². The number of ether oxygens (including phenoxy) is 3. The highest BCUT2D eigenvalue weighted by Gasteiger charge is 2.24. The van der Waals surface area contributed by atoms with Crippen LogP contribution in [0, 0.1) is 5.82 Å². The Morgan fingerprint density at radius 1 is 1.21 bits per heavy atom. The van der Waals surface area contributed by atoms with E-state index in [0.29, 0.717) is 40.3 Å². The van der Waals surface area contributed by atoms with Gasteiger partial charge in [0.05, 0.1) is 17.7 Å². The maximum absolute atomic E-state index is 13.4. The fourth-order valence-corrected chi connectivity index (χ4v) is 3.28. The molecule has 0 N–H and O–H groups in total. The molecule has 0 aromatic heterocycles. The van der Waals surface area contributed by atoms with Gasteiger partial charge in [-0.1, -0.05) is 19.4 Å². The summed E-state index contributed by atoms with van der Waals surface area (Å²) in [6.45, 7) is 5.04. The van der Waals surface area contributed by atoms with E-state index in [-0.39, 0.29) is 11.6 Å². The average molecular weight is 462 g/mol. The summed E-state index contributed by atoms with van der Waals surface area (Å²) in [7, 11) is 0. The zero-order valence-corrected chi connectivity index (χ0v) is 17.8. The lowest BCUT2D eigenvalue weighted by molar-refractivity contribution is -0.129. The summed E-state index contributed by atoms with van der Waals surface area (Å²) in [4.78, 5) is 16.4. The molecule has 0 unspecified atom stereocenters. The number of benzene rings is 2. The van der Waals surface area contributed by atoms with Crippen molar-refractivity contribution >= 4 is 33.9 Å². The quantitative estimate of drug-likeness (QED) is 0.295. The first-order valence-corrected chi connectivity index (χ1v) is 10.2. The molecule has 2 aromatic carbocycles. The smallest absolute Gasteiger partial charge is 0.363 e. The first-order valence-electron chi connectivity index (χ1n) is 9.39. The van der Waals surface area contributed by atoms with Crippen LogP contribution in [0.5, 0.6) is 11.5 Å². The van der Waals surface area contributed by atoms with Crippen LogP contribution in [0.25, 0.3) is 6.08 Å². The van der Waals surface area contributed by atoms with Crippen LogP contribution in [-0.4, -0.2) is 25.1 Å². The van der Waals surface area contributed by atoms with E-state index in [1.165, 1.54) is 18.2 Å². The molecule has 1 aliphatic rings. The van der Waals surface area contributed by atoms with Crippen molar-refractivity contribution in [2.24, 2.45) is 4.99 Å². The van der Waals surface area contributed by atoms with Gasteiger partial charge in [-0.05, 0) is 71.2 Å². The Hall–Kier alpha value is -2.67. The molecule has 0 saturated heterocycles. The van der Waals surface area contributed by atoms with Gasteiger partial charge in [0.15, 0.2) is 17.2 Å². The van der Waals surface area contributed by atoms with Gasteiger partial charge in [-0.2, -0.15) is 0 Å². The topological polar surface area (TPSA) is 57.1 Å². The SMILES string of the molecule is CCCCOc1c(Br)cc(/C=C2\N=C(c3cccc(F)c3)OC2=O)cc1OCC. The molecule has 0 amide bonds. The van der Waals surface area contributed by atoms with Crippen molar-refractivity contribution in [2.75, 3.05) is 13.2 Å². The standard InChI is InChI=1S/C22H21BrFNO4/c1-3-5-9-28-20-17(23)10-14(12-19(20)27-4-2)11-18-22(26)29-21(25-18)15-7-6-8-16(24)13-15/h6-8,10-13H,3-5,9H2,1-2H3/b18-11-. The molecule has 1 aliphatic heterocycles. The molecule has 1 heterocycles. The summed E-state index contributed by atoms with van der Waals surface area (Å²) in [6, 6.07) is 9.34. The van der Waals surface area contributed by atoms with Gasteiger partial charge in [0.2, 0.25) is 5.90 Å². The number of aliphatic imine (C=N–C) groups is 1. The van der Waals surface area contributed by atoms with Gasteiger partial charge in [-0.3, -0.25) is 0 Å². The van der Waals surface area contributed by atoms with Crippen LogP contribution in [0.15, 0.2) is 51.6 Å². The van der Waals surface area contributed by atoms with E-state index < -0.39 is 11.8 Å². The monoisotopic (exact) mass is 461 g/mol. The van der Waals surface area contributed by atoms with Crippen molar-refractivity contribution in [3.05, 3.63) is 63.5 Å². The minimum Gasteiger partial charge on any atom is -0.490 e. The van der Waals surface area contributed by atoms with Crippen molar-refractivity contribution in [3.8, 4) is 11.5 Å². The number of rotatable bonds is 8. The first-order chi connectivity index (χ1) is 14.0. The highest BCUT2D eigenvalue weighted by atomic mass is 79.9. The second-order valence-corrected chi connectivity index (χ2v) is 7.17. The first kappa shape index (κ1) is 21.0. The number of hydrogen-bond acceptors (Lipinski definition) is 5. The molecule has 5 nitrogen and oxygen atoms in total. The highest BCUT2D eigenvalue weighted by Crippen LogP contribution is 2.38. The molecule has 0 bridgehead atoms. The molecule has 0 fully saturated rings. The summed E-state index contributed by atoms with van der Waals surface area (Å²) < 4.78 is 30.9. The Bertz CT molecular complexity index is 971. The van der Waals surface area contributed by atoms with Gasteiger partial charge in [-0.25, -0.2) is 14.2 Å². The molecule has 2 aromatic rings. The van der Waals surface area contributed by atoms with E-state index in [9.17, 15) is 9.18 Å². The number of halogens is 2. The predicted octanol–water partition coefficient (Wildman–Crippen LogP) is 5.51. The van der Waals surface area contributed by atoms with Crippen LogP contribution in [0.1, 0.15) is 37.8 Å². The third kappa shape index (κ3) is 5.23. The number of carbonyl (C=O) groups is 1. The molecular formula is C22H21BrFNO4.